The molecular formula is C21H27N3O3. The average molecular weight is 369 g/mol. The largest absolute Gasteiger partial charge is 0.350 e. The molecule has 0 aliphatic rings. The number of amides is 2. The molecule has 1 atom stereocenters. The van der Waals surface area contributed by atoms with E-state index in [0.717, 1.165) is 16.8 Å². The summed E-state index contributed by atoms with van der Waals surface area (Å²) in [6.45, 7) is 9.44. The van der Waals surface area contributed by atoms with Gasteiger partial charge >= 0.3 is 0 Å². The number of carbonyl (C=O) groups excluding carboxylic acids is 2. The molecule has 1 heterocycles. The normalized spacial score (nSPS) is 11.9. The van der Waals surface area contributed by atoms with Gasteiger partial charge < -0.3 is 15.6 Å². The van der Waals surface area contributed by atoms with E-state index in [2.05, 4.69) is 15.6 Å². The minimum absolute atomic E-state index is 0.100. The van der Waals surface area contributed by atoms with E-state index in [1.165, 1.54) is 0 Å². The number of H-pyrrole nitrogens is 1. The molecule has 2 amide bonds. The number of nitrogens with one attached hydrogen (secondary N) is 3. The molecule has 1 aromatic carbocycles. The Morgan fingerprint density at radius 3 is 2.26 bits per heavy atom. The van der Waals surface area contributed by atoms with Crippen molar-refractivity contribution < 1.29 is 9.59 Å². The molecule has 0 bridgehead atoms. The first-order valence-corrected chi connectivity index (χ1v) is 9.03. The van der Waals surface area contributed by atoms with Crippen molar-refractivity contribution in [1.82, 2.24) is 15.6 Å². The van der Waals surface area contributed by atoms with E-state index < -0.39 is 6.04 Å². The highest BCUT2D eigenvalue weighted by Gasteiger charge is 2.24. The summed E-state index contributed by atoms with van der Waals surface area (Å²) >= 11 is 0. The third kappa shape index (κ3) is 5.29. The van der Waals surface area contributed by atoms with Crippen molar-refractivity contribution in [3.05, 3.63) is 68.6 Å². The standard InChI is InChI=1S/C21H27N3O3/c1-12(2)18(24-19(25)16-8-6-13(3)7-9-16)21(27)22-11-17-14(4)10-15(5)23-20(17)26/h6-10,12,18H,11H2,1-5H3,(H,22,27)(H,23,26)(H,24,25)/t18-/m0/s1. The molecule has 6 heteroatoms. The summed E-state index contributed by atoms with van der Waals surface area (Å²) in [6, 6.07) is 8.34. The lowest BCUT2D eigenvalue weighted by Gasteiger charge is -2.22. The Balaban J connectivity index is 2.08. The van der Waals surface area contributed by atoms with Crippen molar-refractivity contribution in [2.45, 2.75) is 47.2 Å². The summed E-state index contributed by atoms with van der Waals surface area (Å²) in [5.74, 6) is -0.713. The number of aryl methyl sites for hydroxylation is 3. The van der Waals surface area contributed by atoms with E-state index in [1.54, 1.807) is 12.1 Å². The van der Waals surface area contributed by atoms with Crippen LogP contribution in [0.2, 0.25) is 0 Å². The summed E-state index contributed by atoms with van der Waals surface area (Å²) in [7, 11) is 0. The van der Waals surface area contributed by atoms with E-state index in [0.29, 0.717) is 11.1 Å². The smallest absolute Gasteiger partial charge is 0.253 e. The fourth-order valence-corrected chi connectivity index (χ4v) is 2.85. The first-order valence-electron chi connectivity index (χ1n) is 9.03. The summed E-state index contributed by atoms with van der Waals surface area (Å²) in [4.78, 5) is 39.9. The highest BCUT2D eigenvalue weighted by atomic mass is 16.2. The maximum atomic E-state index is 12.6. The second-order valence-corrected chi connectivity index (χ2v) is 7.22. The summed E-state index contributed by atoms with van der Waals surface area (Å²) in [5, 5.41) is 5.56. The number of hydrogen-bond donors (Lipinski definition) is 3. The van der Waals surface area contributed by atoms with Gasteiger partial charge in [0.25, 0.3) is 11.5 Å². The van der Waals surface area contributed by atoms with Crippen LogP contribution in [0, 0.1) is 26.7 Å². The summed E-state index contributed by atoms with van der Waals surface area (Å²) in [5.41, 5.74) is 3.46. The zero-order valence-corrected chi connectivity index (χ0v) is 16.5. The van der Waals surface area contributed by atoms with Crippen molar-refractivity contribution >= 4 is 11.8 Å². The van der Waals surface area contributed by atoms with Gasteiger partial charge in [-0.25, -0.2) is 0 Å². The predicted octanol–water partition coefficient (Wildman–Crippen LogP) is 2.37. The predicted molar refractivity (Wildman–Crippen MR) is 106 cm³/mol. The van der Waals surface area contributed by atoms with Crippen LogP contribution in [0.25, 0.3) is 0 Å². The molecule has 0 aliphatic heterocycles. The SMILES string of the molecule is Cc1ccc(C(=O)N[C@H](C(=O)NCc2c(C)cc(C)[nH]c2=O)C(C)C)cc1. The lowest BCUT2D eigenvalue weighted by molar-refractivity contribution is -0.124. The van der Waals surface area contributed by atoms with Crippen LogP contribution in [-0.2, 0) is 11.3 Å². The molecule has 6 nitrogen and oxygen atoms in total. The molecule has 0 radical (unpaired) electrons. The first-order chi connectivity index (χ1) is 12.7. The molecule has 0 saturated heterocycles. The van der Waals surface area contributed by atoms with Crippen molar-refractivity contribution in [2.75, 3.05) is 0 Å². The van der Waals surface area contributed by atoms with E-state index in [4.69, 9.17) is 0 Å². The van der Waals surface area contributed by atoms with E-state index in [1.807, 2.05) is 52.8 Å². The second-order valence-electron chi connectivity index (χ2n) is 7.22. The second kappa shape index (κ2) is 8.66. The minimum Gasteiger partial charge on any atom is -0.350 e. The third-order valence-electron chi connectivity index (χ3n) is 4.48. The van der Waals surface area contributed by atoms with Crippen LogP contribution in [0.15, 0.2) is 35.1 Å². The molecule has 0 spiro atoms. The van der Waals surface area contributed by atoms with Crippen LogP contribution >= 0.6 is 0 Å². The minimum atomic E-state index is -0.691. The lowest BCUT2D eigenvalue weighted by Crippen LogP contribution is -2.49. The van der Waals surface area contributed by atoms with Crippen LogP contribution in [0.3, 0.4) is 0 Å². The van der Waals surface area contributed by atoms with Gasteiger partial charge in [-0.3, -0.25) is 14.4 Å². The number of carbonyl (C=O) groups is 2. The Labute approximate surface area is 159 Å². The maximum absolute atomic E-state index is 12.6. The number of aromatic nitrogens is 1. The number of aromatic amines is 1. The highest BCUT2D eigenvalue weighted by Crippen LogP contribution is 2.08. The molecule has 27 heavy (non-hydrogen) atoms. The number of benzene rings is 1. The van der Waals surface area contributed by atoms with Crippen molar-refractivity contribution in [3.63, 3.8) is 0 Å². The first kappa shape index (κ1) is 20.4. The van der Waals surface area contributed by atoms with Crippen molar-refractivity contribution in [3.8, 4) is 0 Å². The monoisotopic (exact) mass is 369 g/mol. The molecule has 2 rings (SSSR count). The van der Waals surface area contributed by atoms with Gasteiger partial charge in [-0.05, 0) is 50.5 Å². The Morgan fingerprint density at radius 2 is 1.70 bits per heavy atom. The Kier molecular flexibility index (Phi) is 6.55. The van der Waals surface area contributed by atoms with Crippen LogP contribution in [0.1, 0.15) is 46.6 Å². The fraction of sp³-hybridized carbons (Fsp3) is 0.381. The molecule has 0 unspecified atom stereocenters. The molecule has 1 aromatic heterocycles. The van der Waals surface area contributed by atoms with Gasteiger partial charge in [0, 0.05) is 23.4 Å². The third-order valence-corrected chi connectivity index (χ3v) is 4.48. The van der Waals surface area contributed by atoms with Crippen LogP contribution in [0.4, 0.5) is 0 Å². The van der Waals surface area contributed by atoms with Gasteiger partial charge in [0.15, 0.2) is 0 Å². The lowest BCUT2D eigenvalue weighted by atomic mass is 10.0. The number of hydrogen-bond acceptors (Lipinski definition) is 3. The van der Waals surface area contributed by atoms with Gasteiger partial charge in [-0.1, -0.05) is 31.5 Å². The van der Waals surface area contributed by atoms with Gasteiger partial charge in [0.1, 0.15) is 6.04 Å². The molecular weight excluding hydrogens is 342 g/mol. The Bertz CT molecular complexity index is 883. The molecule has 0 saturated carbocycles. The van der Waals surface area contributed by atoms with Gasteiger partial charge in [-0.2, -0.15) is 0 Å². The van der Waals surface area contributed by atoms with Crippen LogP contribution in [0.5, 0.6) is 0 Å². The van der Waals surface area contributed by atoms with Crippen LogP contribution < -0.4 is 16.2 Å². The molecule has 144 valence electrons. The average Bonchev–Trinajstić information content (AvgIpc) is 2.58. The molecule has 0 aliphatic carbocycles. The van der Waals surface area contributed by atoms with E-state index >= 15 is 0 Å². The topological polar surface area (TPSA) is 91.1 Å². The zero-order chi connectivity index (χ0) is 20.1. The summed E-state index contributed by atoms with van der Waals surface area (Å²) in [6.07, 6.45) is 0. The number of pyridine rings is 1. The molecule has 3 N–H and O–H groups in total. The highest BCUT2D eigenvalue weighted by molar-refractivity contribution is 5.97. The quantitative estimate of drug-likeness (QED) is 0.730. The zero-order valence-electron chi connectivity index (χ0n) is 16.5. The number of rotatable bonds is 6. The maximum Gasteiger partial charge on any atom is 0.253 e. The van der Waals surface area contributed by atoms with Gasteiger partial charge in [-0.15, -0.1) is 0 Å². The van der Waals surface area contributed by atoms with E-state index in [9.17, 15) is 14.4 Å². The Hall–Kier alpha value is -2.89. The summed E-state index contributed by atoms with van der Waals surface area (Å²) < 4.78 is 0. The van der Waals surface area contributed by atoms with E-state index in [-0.39, 0.29) is 29.8 Å². The van der Waals surface area contributed by atoms with Gasteiger partial charge in [0.2, 0.25) is 5.91 Å². The van der Waals surface area contributed by atoms with Crippen molar-refractivity contribution in [2.24, 2.45) is 5.92 Å². The van der Waals surface area contributed by atoms with Gasteiger partial charge in [0.05, 0.1) is 0 Å². The van der Waals surface area contributed by atoms with Crippen LogP contribution in [-0.4, -0.2) is 22.8 Å². The van der Waals surface area contributed by atoms with Crippen molar-refractivity contribution in [1.29, 1.82) is 0 Å². The Morgan fingerprint density at radius 1 is 1.07 bits per heavy atom. The molecule has 2 aromatic rings. The molecule has 0 fully saturated rings. The fourth-order valence-electron chi connectivity index (χ4n) is 2.85.